The highest BCUT2D eigenvalue weighted by atomic mass is 127. The number of nitrogens with one attached hydrogen (secondary N) is 3. The van der Waals surface area contributed by atoms with Gasteiger partial charge in [0.15, 0.2) is 11.7 Å². The van der Waals surface area contributed by atoms with Gasteiger partial charge in [-0.3, -0.25) is 10.1 Å². The van der Waals surface area contributed by atoms with Gasteiger partial charge in [0.2, 0.25) is 5.82 Å². The van der Waals surface area contributed by atoms with E-state index >= 15 is 0 Å². The summed E-state index contributed by atoms with van der Waals surface area (Å²) in [5.74, 6) is 2.82. The van der Waals surface area contributed by atoms with Crippen LogP contribution < -0.4 is 10.6 Å². The molecule has 0 unspecified atom stereocenters. The van der Waals surface area contributed by atoms with Crippen molar-refractivity contribution in [3.63, 3.8) is 0 Å². The lowest BCUT2D eigenvalue weighted by atomic mass is 10.1. The summed E-state index contributed by atoms with van der Waals surface area (Å²) in [6, 6.07) is 14.0. The Balaban J connectivity index is 0.00000243. The molecule has 0 radical (unpaired) electrons. The minimum atomic E-state index is 0. The summed E-state index contributed by atoms with van der Waals surface area (Å²) in [4.78, 5) is 8.65. The molecule has 0 fully saturated rings. The van der Waals surface area contributed by atoms with Crippen LogP contribution in [0.5, 0.6) is 0 Å². The molecule has 2 aromatic heterocycles. The second-order valence-electron chi connectivity index (χ2n) is 5.49. The van der Waals surface area contributed by atoms with Crippen LogP contribution in [0.25, 0.3) is 11.6 Å². The molecule has 2 heterocycles. The highest BCUT2D eigenvalue weighted by Gasteiger charge is 2.08. The number of hydrogen-bond acceptors (Lipinski definition) is 4. The first-order valence-electron chi connectivity index (χ1n) is 8.29. The number of aliphatic imine (C=N–C) groups is 1. The van der Waals surface area contributed by atoms with Crippen molar-refractivity contribution in [1.29, 1.82) is 0 Å². The normalized spacial score (nSPS) is 11.0. The fourth-order valence-electron chi connectivity index (χ4n) is 2.41. The molecule has 0 saturated carbocycles. The molecule has 3 aromatic rings. The number of nitrogens with zero attached hydrogens (tertiary/aromatic N) is 3. The van der Waals surface area contributed by atoms with E-state index in [2.05, 4.69) is 55.1 Å². The van der Waals surface area contributed by atoms with E-state index in [-0.39, 0.29) is 24.0 Å². The third-order valence-electron chi connectivity index (χ3n) is 3.70. The Morgan fingerprint density at radius 1 is 1.08 bits per heavy atom. The maximum absolute atomic E-state index is 5.28. The summed E-state index contributed by atoms with van der Waals surface area (Å²) >= 11 is 0. The van der Waals surface area contributed by atoms with Gasteiger partial charge in [0.1, 0.15) is 5.82 Å². The van der Waals surface area contributed by atoms with Crippen molar-refractivity contribution in [2.45, 2.75) is 12.8 Å². The van der Waals surface area contributed by atoms with Crippen molar-refractivity contribution in [2.24, 2.45) is 4.99 Å². The van der Waals surface area contributed by atoms with Crippen molar-refractivity contribution in [3.05, 3.63) is 60.1 Å². The SMILES string of the molecule is CN=C(NCCc1ccccc1)NCCc1nc(-c2ccco2)n[nH]1.I. The summed E-state index contributed by atoms with van der Waals surface area (Å²) in [7, 11) is 1.77. The van der Waals surface area contributed by atoms with Gasteiger partial charge in [-0.15, -0.1) is 24.0 Å². The van der Waals surface area contributed by atoms with Crippen LogP contribution in [-0.4, -0.2) is 41.3 Å². The standard InChI is InChI=1S/C18H22N6O.HI/c1-19-18(20-11-9-14-6-3-2-4-7-14)21-12-10-16-22-17(24-23-16)15-8-5-13-25-15;/h2-8,13H,9-12H2,1H3,(H2,19,20,21)(H,22,23,24);1H. The first-order valence-corrected chi connectivity index (χ1v) is 8.29. The summed E-state index contributed by atoms with van der Waals surface area (Å²) in [5, 5.41) is 13.7. The van der Waals surface area contributed by atoms with Crippen LogP contribution in [-0.2, 0) is 12.8 Å². The topological polar surface area (TPSA) is 91.1 Å². The Kier molecular flexibility index (Phi) is 8.13. The second kappa shape index (κ2) is 10.6. The zero-order valence-electron chi connectivity index (χ0n) is 14.6. The van der Waals surface area contributed by atoms with Gasteiger partial charge >= 0.3 is 0 Å². The lowest BCUT2D eigenvalue weighted by molar-refractivity contribution is 0.577. The number of rotatable bonds is 7. The summed E-state index contributed by atoms with van der Waals surface area (Å²) < 4.78 is 5.28. The molecule has 0 amide bonds. The largest absolute Gasteiger partial charge is 0.461 e. The van der Waals surface area contributed by atoms with E-state index in [4.69, 9.17) is 4.42 Å². The summed E-state index contributed by atoms with van der Waals surface area (Å²) in [6.45, 7) is 1.53. The first kappa shape index (κ1) is 20.0. The fourth-order valence-corrected chi connectivity index (χ4v) is 2.41. The minimum Gasteiger partial charge on any atom is -0.461 e. The van der Waals surface area contributed by atoms with Gasteiger partial charge in [0, 0.05) is 26.6 Å². The van der Waals surface area contributed by atoms with Gasteiger partial charge in [-0.25, -0.2) is 4.98 Å². The quantitative estimate of drug-likeness (QED) is 0.283. The predicted octanol–water partition coefficient (Wildman–Crippen LogP) is 2.63. The average molecular weight is 466 g/mol. The van der Waals surface area contributed by atoms with Crippen LogP contribution in [0.15, 0.2) is 58.1 Å². The van der Waals surface area contributed by atoms with E-state index in [1.54, 1.807) is 13.3 Å². The monoisotopic (exact) mass is 466 g/mol. The van der Waals surface area contributed by atoms with Crippen molar-refractivity contribution in [3.8, 4) is 11.6 Å². The lowest BCUT2D eigenvalue weighted by Gasteiger charge is -2.11. The number of furan rings is 1. The van der Waals surface area contributed by atoms with Crippen LogP contribution in [0.3, 0.4) is 0 Å². The van der Waals surface area contributed by atoms with Gasteiger partial charge in [-0.2, -0.15) is 5.10 Å². The van der Waals surface area contributed by atoms with Gasteiger partial charge < -0.3 is 15.1 Å². The first-order chi connectivity index (χ1) is 12.3. The number of benzene rings is 1. The van der Waals surface area contributed by atoms with E-state index in [1.165, 1.54) is 5.56 Å². The summed E-state index contributed by atoms with van der Waals surface area (Å²) in [5.41, 5.74) is 1.30. The minimum absolute atomic E-state index is 0. The van der Waals surface area contributed by atoms with Crippen LogP contribution in [0.4, 0.5) is 0 Å². The molecule has 7 nitrogen and oxygen atoms in total. The van der Waals surface area contributed by atoms with E-state index in [1.807, 2.05) is 18.2 Å². The number of guanidine groups is 1. The third kappa shape index (κ3) is 5.87. The molecular weight excluding hydrogens is 443 g/mol. The number of hydrogen-bond donors (Lipinski definition) is 3. The number of halogens is 1. The Hall–Kier alpha value is -2.36. The molecule has 8 heteroatoms. The van der Waals surface area contributed by atoms with Crippen LogP contribution in [0.2, 0.25) is 0 Å². The predicted molar refractivity (Wildman–Crippen MR) is 113 cm³/mol. The van der Waals surface area contributed by atoms with E-state index in [0.29, 0.717) is 24.6 Å². The Morgan fingerprint density at radius 3 is 2.54 bits per heavy atom. The zero-order chi connectivity index (χ0) is 17.3. The van der Waals surface area contributed by atoms with Crippen molar-refractivity contribution in [2.75, 3.05) is 20.1 Å². The van der Waals surface area contributed by atoms with Crippen LogP contribution >= 0.6 is 24.0 Å². The second-order valence-corrected chi connectivity index (χ2v) is 5.49. The van der Waals surface area contributed by atoms with E-state index in [9.17, 15) is 0 Å². The molecule has 0 aliphatic carbocycles. The van der Waals surface area contributed by atoms with Crippen molar-refractivity contribution in [1.82, 2.24) is 25.8 Å². The summed E-state index contributed by atoms with van der Waals surface area (Å²) in [6.07, 6.45) is 3.28. The molecule has 0 aliphatic heterocycles. The van der Waals surface area contributed by atoms with Crippen LogP contribution in [0, 0.1) is 0 Å². The maximum Gasteiger partial charge on any atom is 0.216 e. The molecule has 0 saturated heterocycles. The molecule has 0 bridgehead atoms. The van der Waals surface area contributed by atoms with Gasteiger partial charge in [-0.05, 0) is 24.1 Å². The molecule has 0 spiro atoms. The van der Waals surface area contributed by atoms with Crippen LogP contribution in [0.1, 0.15) is 11.4 Å². The van der Waals surface area contributed by atoms with Crippen molar-refractivity contribution < 1.29 is 4.42 Å². The van der Waals surface area contributed by atoms with E-state index < -0.39 is 0 Å². The molecule has 3 N–H and O–H groups in total. The molecule has 0 aliphatic rings. The zero-order valence-corrected chi connectivity index (χ0v) is 16.9. The average Bonchev–Trinajstić information content (AvgIpc) is 3.33. The molecule has 138 valence electrons. The highest BCUT2D eigenvalue weighted by Crippen LogP contribution is 2.14. The molecule has 26 heavy (non-hydrogen) atoms. The Bertz CT molecular complexity index is 785. The van der Waals surface area contributed by atoms with Crippen molar-refractivity contribution >= 4 is 29.9 Å². The van der Waals surface area contributed by atoms with Gasteiger partial charge in [0.25, 0.3) is 0 Å². The molecular formula is C18H23IN6O. The maximum atomic E-state index is 5.28. The van der Waals surface area contributed by atoms with E-state index in [0.717, 1.165) is 24.7 Å². The number of aromatic amines is 1. The molecule has 3 rings (SSSR count). The Labute approximate surface area is 169 Å². The fraction of sp³-hybridized carbons (Fsp3) is 0.278. The van der Waals surface area contributed by atoms with Gasteiger partial charge in [-0.1, -0.05) is 30.3 Å². The highest BCUT2D eigenvalue weighted by molar-refractivity contribution is 14.0. The number of H-pyrrole nitrogens is 1. The smallest absolute Gasteiger partial charge is 0.216 e. The van der Waals surface area contributed by atoms with Gasteiger partial charge in [0.05, 0.1) is 6.26 Å². The molecule has 0 atom stereocenters. The number of aromatic nitrogens is 3. The lowest BCUT2D eigenvalue weighted by Crippen LogP contribution is -2.39. The molecule has 1 aromatic carbocycles. The third-order valence-corrected chi connectivity index (χ3v) is 3.70. The Morgan fingerprint density at radius 2 is 1.85 bits per heavy atom.